The number of halogens is 2. The number of nitrogens with one attached hydrogen (secondary N) is 2. The minimum absolute atomic E-state index is 0.0736. The molecule has 4 aliphatic rings. The van der Waals surface area contributed by atoms with Crippen molar-refractivity contribution in [1.29, 1.82) is 0 Å². The summed E-state index contributed by atoms with van der Waals surface area (Å²) in [6, 6.07) is 13.2. The third-order valence-electron chi connectivity index (χ3n) is 11.6. The van der Waals surface area contributed by atoms with Gasteiger partial charge < -0.3 is 20.0 Å². The zero-order valence-electron chi connectivity index (χ0n) is 29.2. The largest absolute Gasteiger partial charge is 0.379 e. The first-order valence-corrected chi connectivity index (χ1v) is 18.7. The summed E-state index contributed by atoms with van der Waals surface area (Å²) in [4.78, 5) is 56.5. The Morgan fingerprint density at radius 1 is 0.980 bits per heavy atom. The van der Waals surface area contributed by atoms with E-state index in [9.17, 15) is 23.6 Å². The minimum atomic E-state index is -0.653. The highest BCUT2D eigenvalue weighted by molar-refractivity contribution is 9.10. The Morgan fingerprint density at radius 2 is 1.69 bits per heavy atom. The van der Waals surface area contributed by atoms with Crippen LogP contribution in [0.5, 0.6) is 0 Å². The molecule has 2 aromatic carbocycles. The summed E-state index contributed by atoms with van der Waals surface area (Å²) >= 11 is 3.42. The van der Waals surface area contributed by atoms with E-state index >= 15 is 0 Å². The molecule has 11 nitrogen and oxygen atoms in total. The first-order chi connectivity index (χ1) is 24.5. The molecular weight excluding hydrogens is 717 g/mol. The van der Waals surface area contributed by atoms with Crippen molar-refractivity contribution in [1.82, 2.24) is 24.9 Å². The third-order valence-corrected chi connectivity index (χ3v) is 12.4. The molecule has 0 saturated carbocycles. The van der Waals surface area contributed by atoms with Crippen LogP contribution in [0.1, 0.15) is 78.3 Å². The Balaban J connectivity index is 0.923. The zero-order valence-corrected chi connectivity index (χ0v) is 30.8. The standard InChI is InChI=1S/C38H45BrFN7O4/c1-44-22-26(19-27(23-44)42-32-21-41-45(2)37(51)34(32)39)24-3-5-25(6-4-24)36(50)47-17-13-38(14-18-47)11-15-46(16-12-38)28-7-9-31(40)30(20-28)29-8-10-33(48)43-35(29)49/h3-7,9,20-21,26-27,29,42H,8,10-19,22-23H2,1-2H3,(H,43,48,49)/t26-,27+,29?/m1/s1. The molecule has 270 valence electrons. The van der Waals surface area contributed by atoms with Crippen molar-refractivity contribution < 1.29 is 18.8 Å². The fourth-order valence-corrected chi connectivity index (χ4v) is 8.96. The van der Waals surface area contributed by atoms with Crippen molar-refractivity contribution in [3.8, 4) is 0 Å². The predicted molar refractivity (Wildman–Crippen MR) is 196 cm³/mol. The van der Waals surface area contributed by atoms with E-state index in [0.717, 1.165) is 77.1 Å². The summed E-state index contributed by atoms with van der Waals surface area (Å²) in [5, 5.41) is 10.0. The maximum Gasteiger partial charge on any atom is 0.282 e. The second-order valence-corrected chi connectivity index (χ2v) is 15.7. The van der Waals surface area contributed by atoms with Gasteiger partial charge in [0.05, 0.1) is 17.8 Å². The second kappa shape index (κ2) is 14.5. The smallest absolute Gasteiger partial charge is 0.282 e. The van der Waals surface area contributed by atoms with E-state index in [1.165, 1.54) is 16.3 Å². The maximum atomic E-state index is 14.8. The number of amides is 3. The van der Waals surface area contributed by atoms with Crippen LogP contribution in [0.2, 0.25) is 0 Å². The van der Waals surface area contributed by atoms with Gasteiger partial charge in [-0.05, 0) is 109 Å². The summed E-state index contributed by atoms with van der Waals surface area (Å²) in [5.41, 5.74) is 3.86. The molecule has 0 radical (unpaired) electrons. The summed E-state index contributed by atoms with van der Waals surface area (Å²) in [5.74, 6) is -1.45. The van der Waals surface area contributed by atoms with Gasteiger partial charge in [-0.3, -0.25) is 24.5 Å². The van der Waals surface area contributed by atoms with Crippen LogP contribution in [0.4, 0.5) is 15.8 Å². The lowest BCUT2D eigenvalue weighted by Crippen LogP contribution is -2.48. The molecule has 3 atom stereocenters. The van der Waals surface area contributed by atoms with Crippen molar-refractivity contribution in [3.05, 3.63) is 86.0 Å². The lowest BCUT2D eigenvalue weighted by molar-refractivity contribution is -0.134. The van der Waals surface area contributed by atoms with Gasteiger partial charge in [0.2, 0.25) is 11.8 Å². The summed E-state index contributed by atoms with van der Waals surface area (Å²) < 4.78 is 16.6. The number of aromatic nitrogens is 2. The minimum Gasteiger partial charge on any atom is -0.379 e. The van der Waals surface area contributed by atoms with Gasteiger partial charge in [0.1, 0.15) is 10.3 Å². The molecular formula is C38H45BrFN7O4. The number of likely N-dealkylation sites (tertiary alicyclic amines) is 2. The Bertz CT molecular complexity index is 1870. The fourth-order valence-electron chi connectivity index (χ4n) is 8.49. The number of benzene rings is 2. The number of anilines is 2. The maximum absolute atomic E-state index is 14.8. The van der Waals surface area contributed by atoms with Gasteiger partial charge in [-0.2, -0.15) is 5.10 Å². The number of aryl methyl sites for hydroxylation is 1. The molecule has 13 heteroatoms. The van der Waals surface area contributed by atoms with Crippen LogP contribution in [0, 0.1) is 11.2 Å². The van der Waals surface area contributed by atoms with Gasteiger partial charge in [-0.15, -0.1) is 0 Å². The highest BCUT2D eigenvalue weighted by atomic mass is 79.9. The number of piperidine rings is 4. The van der Waals surface area contributed by atoms with E-state index in [4.69, 9.17) is 0 Å². The van der Waals surface area contributed by atoms with Gasteiger partial charge in [0.15, 0.2) is 0 Å². The highest BCUT2D eigenvalue weighted by Gasteiger charge is 2.39. The van der Waals surface area contributed by atoms with Crippen LogP contribution in [0.3, 0.4) is 0 Å². The van der Waals surface area contributed by atoms with Crippen molar-refractivity contribution in [2.45, 2.75) is 62.8 Å². The molecule has 7 rings (SSSR count). The number of hydrogen-bond acceptors (Lipinski definition) is 8. The molecule has 51 heavy (non-hydrogen) atoms. The number of nitrogens with zero attached hydrogens (tertiary/aromatic N) is 5. The number of likely N-dealkylation sites (N-methyl/N-ethyl adjacent to an activating group) is 1. The third kappa shape index (κ3) is 7.46. The average Bonchev–Trinajstić information content (AvgIpc) is 3.13. The molecule has 3 amide bonds. The summed E-state index contributed by atoms with van der Waals surface area (Å²) in [6.45, 7) is 4.88. The topological polar surface area (TPSA) is 120 Å². The van der Waals surface area contributed by atoms with Gasteiger partial charge in [0.25, 0.3) is 11.5 Å². The van der Waals surface area contributed by atoms with Crippen LogP contribution in [-0.4, -0.2) is 89.7 Å². The fraction of sp³-hybridized carbons (Fsp3) is 0.500. The molecule has 1 spiro atoms. The quantitative estimate of drug-likeness (QED) is 0.350. The Labute approximate surface area is 305 Å². The Hall–Kier alpha value is -4.10. The molecule has 0 aliphatic carbocycles. The van der Waals surface area contributed by atoms with Crippen LogP contribution in [0.15, 0.2) is 57.9 Å². The SMILES string of the molecule is CN1C[C@@H](Nc2cnn(C)c(=O)c2Br)C[C@@H](c2ccc(C(=O)N3CCC4(CC3)CCN(c3ccc(F)c(C5CCC(=O)NC5=O)c3)CC4)cc2)C1. The van der Waals surface area contributed by atoms with E-state index in [1.807, 2.05) is 17.0 Å². The Morgan fingerprint density at radius 3 is 2.39 bits per heavy atom. The van der Waals surface area contributed by atoms with Crippen LogP contribution in [0.25, 0.3) is 0 Å². The lowest BCUT2D eigenvalue weighted by atomic mass is 9.71. The van der Waals surface area contributed by atoms with Gasteiger partial charge in [-0.1, -0.05) is 12.1 Å². The average molecular weight is 763 g/mol. The molecule has 0 bridgehead atoms. The van der Waals surface area contributed by atoms with Crippen LogP contribution >= 0.6 is 15.9 Å². The monoisotopic (exact) mass is 761 g/mol. The lowest BCUT2D eigenvalue weighted by Gasteiger charge is -2.47. The van der Waals surface area contributed by atoms with E-state index in [2.05, 4.69) is 60.6 Å². The van der Waals surface area contributed by atoms with E-state index in [0.29, 0.717) is 27.7 Å². The molecule has 4 saturated heterocycles. The van der Waals surface area contributed by atoms with E-state index in [1.54, 1.807) is 25.4 Å². The molecule has 2 N–H and O–H groups in total. The van der Waals surface area contributed by atoms with E-state index in [-0.39, 0.29) is 41.2 Å². The zero-order chi connectivity index (χ0) is 35.9. The highest BCUT2D eigenvalue weighted by Crippen LogP contribution is 2.43. The predicted octanol–water partition coefficient (Wildman–Crippen LogP) is 4.62. The molecule has 1 aromatic heterocycles. The summed E-state index contributed by atoms with van der Waals surface area (Å²) in [6.07, 6.45) is 7.01. The van der Waals surface area contributed by atoms with Gasteiger partial charge in [0, 0.05) is 75.6 Å². The molecule has 5 heterocycles. The van der Waals surface area contributed by atoms with Crippen LogP contribution in [-0.2, 0) is 16.6 Å². The van der Waals surface area contributed by atoms with Crippen molar-refractivity contribution in [3.63, 3.8) is 0 Å². The number of hydrogen-bond donors (Lipinski definition) is 2. The van der Waals surface area contributed by atoms with E-state index < -0.39 is 17.6 Å². The van der Waals surface area contributed by atoms with Crippen molar-refractivity contribution in [2.24, 2.45) is 12.5 Å². The second-order valence-electron chi connectivity index (χ2n) is 14.9. The summed E-state index contributed by atoms with van der Waals surface area (Å²) in [7, 11) is 3.73. The molecule has 3 aromatic rings. The van der Waals surface area contributed by atoms with Crippen molar-refractivity contribution in [2.75, 3.05) is 56.5 Å². The number of carbonyl (C=O) groups is 3. The number of carbonyl (C=O) groups excluding carboxylic acids is 3. The first-order valence-electron chi connectivity index (χ1n) is 17.9. The molecule has 1 unspecified atom stereocenters. The number of rotatable bonds is 6. The molecule has 4 aliphatic heterocycles. The van der Waals surface area contributed by atoms with Crippen molar-refractivity contribution >= 4 is 45.0 Å². The van der Waals surface area contributed by atoms with Crippen LogP contribution < -0.4 is 21.1 Å². The number of imide groups is 1. The van der Waals surface area contributed by atoms with Gasteiger partial charge in [-0.25, -0.2) is 9.07 Å². The normalized spacial score (nSPS) is 24.0. The van der Waals surface area contributed by atoms with Gasteiger partial charge >= 0.3 is 0 Å². The first kappa shape index (κ1) is 35.3. The Kier molecular flexibility index (Phi) is 10.0. The molecule has 4 fully saturated rings.